The minimum Gasteiger partial charge on any atom is -0.358 e. The van der Waals surface area contributed by atoms with Gasteiger partial charge in [-0.2, -0.15) is 0 Å². The molecule has 0 radical (unpaired) electrons. The summed E-state index contributed by atoms with van der Waals surface area (Å²) >= 11 is 5.64. The summed E-state index contributed by atoms with van der Waals surface area (Å²) in [5, 5.41) is 10.4. The molecule has 0 aliphatic heterocycles. The molecule has 0 spiro atoms. The van der Waals surface area contributed by atoms with E-state index in [-0.39, 0.29) is 14.5 Å². The molecule has 8 heteroatoms. The maximum atomic E-state index is 12.3. The molecule has 0 aliphatic rings. The minimum atomic E-state index is -2.73. The number of alkyl halides is 2. The fourth-order valence-corrected chi connectivity index (χ4v) is 1.68. The van der Waals surface area contributed by atoms with Crippen LogP contribution in [0, 0.1) is 10.1 Å². The summed E-state index contributed by atoms with van der Waals surface area (Å²) in [5.74, 6) is -0.499. The van der Waals surface area contributed by atoms with E-state index in [1.54, 1.807) is 0 Å². The molecule has 0 atom stereocenters. The second kappa shape index (κ2) is 4.26. The Morgan fingerprint density at radius 1 is 1.43 bits per heavy atom. The lowest BCUT2D eigenvalue weighted by molar-refractivity contribution is -0.390. The van der Waals surface area contributed by atoms with Gasteiger partial charge in [0.15, 0.2) is 6.20 Å². The third-order valence-electron chi connectivity index (χ3n) is 1.38. The van der Waals surface area contributed by atoms with Crippen molar-refractivity contribution in [3.63, 3.8) is 0 Å². The fourth-order valence-electron chi connectivity index (χ4n) is 0.748. The molecule has 0 aromatic carbocycles. The highest BCUT2D eigenvalue weighted by molar-refractivity contribution is 9.13. The van der Waals surface area contributed by atoms with Gasteiger partial charge >= 0.3 is 5.82 Å². The lowest BCUT2D eigenvalue weighted by Crippen LogP contribution is -1.97. The Kier molecular flexibility index (Phi) is 3.48. The molecular formula is C6H2Br2F2N2O2. The maximum Gasteiger partial charge on any atom is 0.378 e. The number of pyridine rings is 1. The van der Waals surface area contributed by atoms with Gasteiger partial charge in [0, 0.05) is 0 Å². The third kappa shape index (κ3) is 2.06. The molecule has 14 heavy (non-hydrogen) atoms. The second-order valence-electron chi connectivity index (χ2n) is 2.22. The van der Waals surface area contributed by atoms with Crippen LogP contribution in [-0.2, 0) is 0 Å². The molecule has 1 rings (SSSR count). The number of halogens is 4. The predicted molar refractivity (Wildman–Crippen MR) is 51.2 cm³/mol. The number of hydrogen-bond donors (Lipinski definition) is 0. The summed E-state index contributed by atoms with van der Waals surface area (Å²) in [6.07, 6.45) is -1.95. The summed E-state index contributed by atoms with van der Waals surface area (Å²) in [4.78, 5) is 12.9. The van der Waals surface area contributed by atoms with Crippen molar-refractivity contribution in [2.75, 3.05) is 0 Å². The molecule has 1 heterocycles. The van der Waals surface area contributed by atoms with E-state index < -0.39 is 17.2 Å². The summed E-state index contributed by atoms with van der Waals surface area (Å²) < 4.78 is 24.4. The van der Waals surface area contributed by atoms with Crippen molar-refractivity contribution in [2.45, 2.75) is 6.43 Å². The van der Waals surface area contributed by atoms with E-state index in [1.807, 2.05) is 0 Å². The molecular weight excluding hydrogens is 330 g/mol. The van der Waals surface area contributed by atoms with Gasteiger partial charge in [-0.3, -0.25) is 0 Å². The van der Waals surface area contributed by atoms with Crippen molar-refractivity contribution in [3.05, 3.63) is 30.8 Å². The Balaban J connectivity index is 3.33. The van der Waals surface area contributed by atoms with Gasteiger partial charge in [-0.25, -0.2) is 8.78 Å². The SMILES string of the molecule is O=[N+]([O-])c1ncc(C(F)F)c(Br)c1Br. The Morgan fingerprint density at radius 2 is 2.00 bits per heavy atom. The van der Waals surface area contributed by atoms with Crippen LogP contribution in [0.15, 0.2) is 15.1 Å². The average Bonchev–Trinajstić information content (AvgIpc) is 2.08. The normalized spacial score (nSPS) is 10.6. The molecule has 0 unspecified atom stereocenters. The summed E-state index contributed by atoms with van der Waals surface area (Å²) in [6.45, 7) is 0. The van der Waals surface area contributed by atoms with E-state index in [1.165, 1.54) is 0 Å². The molecule has 1 aromatic rings. The number of nitro groups is 1. The van der Waals surface area contributed by atoms with Gasteiger partial charge in [-0.05, 0) is 41.8 Å². The van der Waals surface area contributed by atoms with Crippen molar-refractivity contribution < 1.29 is 13.7 Å². The average molecular weight is 332 g/mol. The zero-order valence-corrected chi connectivity index (χ0v) is 9.55. The lowest BCUT2D eigenvalue weighted by Gasteiger charge is -2.02. The Bertz CT molecular complexity index is 386. The van der Waals surface area contributed by atoms with Crippen LogP contribution in [0.2, 0.25) is 0 Å². The van der Waals surface area contributed by atoms with Gasteiger partial charge in [-0.1, -0.05) is 0 Å². The highest BCUT2D eigenvalue weighted by Crippen LogP contribution is 2.36. The smallest absolute Gasteiger partial charge is 0.358 e. The van der Waals surface area contributed by atoms with Crippen LogP contribution in [0.5, 0.6) is 0 Å². The minimum absolute atomic E-state index is 0.0470. The fraction of sp³-hybridized carbons (Fsp3) is 0.167. The van der Waals surface area contributed by atoms with Crippen molar-refractivity contribution >= 4 is 37.7 Å². The molecule has 0 fully saturated rings. The predicted octanol–water partition coefficient (Wildman–Crippen LogP) is 3.45. The molecule has 0 bridgehead atoms. The van der Waals surface area contributed by atoms with Gasteiger partial charge in [0.05, 0.1) is 10.0 Å². The second-order valence-corrected chi connectivity index (χ2v) is 3.81. The molecule has 1 aromatic heterocycles. The molecule has 4 nitrogen and oxygen atoms in total. The van der Waals surface area contributed by atoms with E-state index in [9.17, 15) is 18.9 Å². The van der Waals surface area contributed by atoms with Gasteiger partial charge in [0.1, 0.15) is 4.47 Å². The van der Waals surface area contributed by atoms with Crippen molar-refractivity contribution in [1.82, 2.24) is 4.98 Å². The Morgan fingerprint density at radius 3 is 2.43 bits per heavy atom. The molecule has 0 saturated heterocycles. The monoisotopic (exact) mass is 330 g/mol. The molecule has 0 saturated carbocycles. The quantitative estimate of drug-likeness (QED) is 0.616. The zero-order valence-electron chi connectivity index (χ0n) is 6.38. The highest BCUT2D eigenvalue weighted by Gasteiger charge is 2.23. The largest absolute Gasteiger partial charge is 0.378 e. The van der Waals surface area contributed by atoms with E-state index in [2.05, 4.69) is 36.8 Å². The van der Waals surface area contributed by atoms with Crippen LogP contribution >= 0.6 is 31.9 Å². The van der Waals surface area contributed by atoms with Crippen LogP contribution in [0.4, 0.5) is 14.6 Å². The first kappa shape index (κ1) is 11.4. The van der Waals surface area contributed by atoms with Gasteiger partial charge in [0.2, 0.25) is 0 Å². The van der Waals surface area contributed by atoms with E-state index in [0.717, 1.165) is 6.20 Å². The maximum absolute atomic E-state index is 12.3. The lowest BCUT2D eigenvalue weighted by atomic mass is 10.3. The molecule has 0 amide bonds. The highest BCUT2D eigenvalue weighted by atomic mass is 79.9. The van der Waals surface area contributed by atoms with Crippen LogP contribution < -0.4 is 0 Å². The molecule has 0 N–H and O–H groups in total. The number of nitrogens with zero attached hydrogens (tertiary/aromatic N) is 2. The number of rotatable bonds is 2. The molecule has 0 aliphatic carbocycles. The third-order valence-corrected chi connectivity index (χ3v) is 3.51. The van der Waals surface area contributed by atoms with Gasteiger partial charge in [-0.15, -0.1) is 0 Å². The summed E-state index contributed by atoms with van der Waals surface area (Å²) in [6, 6.07) is 0. The number of aromatic nitrogens is 1. The zero-order chi connectivity index (χ0) is 10.9. The van der Waals surface area contributed by atoms with Crippen LogP contribution in [0.25, 0.3) is 0 Å². The van der Waals surface area contributed by atoms with Crippen LogP contribution in [0.1, 0.15) is 12.0 Å². The van der Waals surface area contributed by atoms with Crippen molar-refractivity contribution in [1.29, 1.82) is 0 Å². The van der Waals surface area contributed by atoms with Crippen LogP contribution in [0.3, 0.4) is 0 Å². The summed E-state index contributed by atoms with van der Waals surface area (Å²) in [5.41, 5.74) is -0.387. The van der Waals surface area contributed by atoms with Crippen LogP contribution in [-0.4, -0.2) is 9.91 Å². The van der Waals surface area contributed by atoms with Gasteiger partial charge < -0.3 is 10.1 Å². The topological polar surface area (TPSA) is 56.0 Å². The first-order chi connectivity index (χ1) is 6.45. The first-order valence-corrected chi connectivity index (χ1v) is 4.80. The van der Waals surface area contributed by atoms with Crippen molar-refractivity contribution in [2.24, 2.45) is 0 Å². The Hall–Kier alpha value is -0.630. The Labute approximate surface area is 93.7 Å². The summed E-state index contributed by atoms with van der Waals surface area (Å²) in [7, 11) is 0. The standard InChI is InChI=1S/C6H2Br2F2N2O2/c7-3-2(5(9)10)1-11-6(4(3)8)12(13)14/h1,5H. The van der Waals surface area contributed by atoms with E-state index in [4.69, 9.17) is 0 Å². The van der Waals surface area contributed by atoms with E-state index in [0.29, 0.717) is 0 Å². The van der Waals surface area contributed by atoms with E-state index >= 15 is 0 Å². The van der Waals surface area contributed by atoms with Gasteiger partial charge in [0.25, 0.3) is 6.43 Å². The number of hydrogen-bond acceptors (Lipinski definition) is 3. The first-order valence-electron chi connectivity index (χ1n) is 3.21. The van der Waals surface area contributed by atoms with Crippen molar-refractivity contribution in [3.8, 4) is 0 Å². The molecule has 76 valence electrons.